The third-order valence-corrected chi connectivity index (χ3v) is 4.84. The summed E-state index contributed by atoms with van der Waals surface area (Å²) in [7, 11) is 0. The second-order valence-corrected chi connectivity index (χ2v) is 6.70. The second-order valence-electron chi connectivity index (χ2n) is 6.70. The van der Waals surface area contributed by atoms with Gasteiger partial charge in [-0.1, -0.05) is 36.4 Å². The lowest BCUT2D eigenvalue weighted by Crippen LogP contribution is -2.52. The molecule has 7 heteroatoms. The molecule has 0 aliphatic carbocycles. The quantitative estimate of drug-likeness (QED) is 0.696. The van der Waals surface area contributed by atoms with E-state index in [1.165, 1.54) is 0 Å². The minimum Gasteiger partial charge on any atom is -0.468 e. The molecule has 2 aromatic carbocycles. The topological polar surface area (TPSA) is 60.5 Å². The van der Waals surface area contributed by atoms with E-state index in [0.29, 0.717) is 37.8 Å². The van der Waals surface area contributed by atoms with Gasteiger partial charge in [-0.2, -0.15) is 0 Å². The summed E-state index contributed by atoms with van der Waals surface area (Å²) in [5, 5.41) is 3.30. The first-order valence-electron chi connectivity index (χ1n) is 9.78. The highest BCUT2D eigenvalue weighted by Crippen LogP contribution is 2.35. The molecule has 0 N–H and O–H groups in total. The molecule has 0 bridgehead atoms. The number of hydrogen-bond acceptors (Lipinski definition) is 7. The van der Waals surface area contributed by atoms with Crippen molar-refractivity contribution in [3.8, 4) is 11.5 Å². The lowest BCUT2D eigenvalue weighted by Gasteiger charge is -2.41. The molecule has 4 rings (SSSR count). The fourth-order valence-electron chi connectivity index (χ4n) is 3.58. The average molecular weight is 396 g/mol. The van der Waals surface area contributed by atoms with Crippen LogP contribution in [0.2, 0.25) is 0 Å². The summed E-state index contributed by atoms with van der Waals surface area (Å²) in [6.45, 7) is 5.63. The summed E-state index contributed by atoms with van der Waals surface area (Å²) in [4.78, 5) is 23.7. The molecular formula is C22H24N2O5. The number of rotatable bonds is 6. The standard InChI is InChI=1S/C22H24N2O5/c1-3-26-23-13-16-9-5-7-11-19(16)28-21(23)18(15-25)22-24(27-4-2)14-17-10-6-8-12-20(17)29-22/h5-12,21-22H,3-4,13-14H2,1-2H3. The molecule has 0 saturated carbocycles. The number of fused-ring (bicyclic) bond motifs is 2. The van der Waals surface area contributed by atoms with Crippen molar-refractivity contribution in [1.82, 2.24) is 10.1 Å². The Morgan fingerprint density at radius 3 is 1.76 bits per heavy atom. The summed E-state index contributed by atoms with van der Waals surface area (Å²) in [6.07, 6.45) is -1.55. The third-order valence-electron chi connectivity index (χ3n) is 4.84. The SMILES string of the molecule is CCON1Cc2ccccc2OC1C(=C=O)C1Oc2ccccc2CN1OCC. The van der Waals surface area contributed by atoms with Gasteiger partial charge in [0.05, 0.1) is 26.3 Å². The van der Waals surface area contributed by atoms with Crippen molar-refractivity contribution >= 4 is 5.94 Å². The normalized spacial score (nSPS) is 21.3. The molecule has 2 aromatic rings. The first-order chi connectivity index (χ1) is 14.2. The van der Waals surface area contributed by atoms with Gasteiger partial charge >= 0.3 is 0 Å². The van der Waals surface area contributed by atoms with Crippen LogP contribution in [-0.4, -0.2) is 41.7 Å². The number of ether oxygens (including phenoxy) is 2. The number of carbonyl (C=O) groups excluding carboxylic acids is 1. The Kier molecular flexibility index (Phi) is 5.94. The smallest absolute Gasteiger partial charge is 0.212 e. The maximum Gasteiger partial charge on any atom is 0.212 e. The maximum absolute atomic E-state index is 12.1. The summed E-state index contributed by atoms with van der Waals surface area (Å²) < 4.78 is 12.3. The minimum atomic E-state index is -0.777. The largest absolute Gasteiger partial charge is 0.468 e. The average Bonchev–Trinajstić information content (AvgIpc) is 2.75. The molecule has 2 aliphatic heterocycles. The molecule has 0 amide bonds. The van der Waals surface area contributed by atoms with E-state index in [0.717, 1.165) is 11.1 Å². The van der Waals surface area contributed by atoms with Crippen molar-refractivity contribution in [2.24, 2.45) is 0 Å². The Morgan fingerprint density at radius 1 is 0.897 bits per heavy atom. The Morgan fingerprint density at radius 2 is 1.34 bits per heavy atom. The zero-order valence-corrected chi connectivity index (χ0v) is 16.5. The molecule has 7 nitrogen and oxygen atoms in total. The molecule has 152 valence electrons. The maximum atomic E-state index is 12.1. The molecular weight excluding hydrogens is 372 g/mol. The molecule has 0 aromatic heterocycles. The van der Waals surface area contributed by atoms with E-state index in [2.05, 4.69) is 5.94 Å². The van der Waals surface area contributed by atoms with E-state index in [-0.39, 0.29) is 5.57 Å². The van der Waals surface area contributed by atoms with Gasteiger partial charge in [-0.25, -0.2) is 4.79 Å². The fourth-order valence-corrected chi connectivity index (χ4v) is 3.58. The van der Waals surface area contributed by atoms with E-state index in [4.69, 9.17) is 19.1 Å². The molecule has 2 heterocycles. The highest BCUT2D eigenvalue weighted by atomic mass is 16.7. The number of para-hydroxylation sites is 2. The number of benzene rings is 2. The van der Waals surface area contributed by atoms with Gasteiger partial charge in [-0.15, -0.1) is 10.1 Å². The first-order valence-corrected chi connectivity index (χ1v) is 9.78. The molecule has 0 spiro atoms. The number of hydroxylamine groups is 4. The van der Waals surface area contributed by atoms with Gasteiger partial charge in [0.25, 0.3) is 0 Å². The Balaban J connectivity index is 1.68. The zero-order chi connectivity index (χ0) is 20.2. The molecule has 2 aliphatic rings. The van der Waals surface area contributed by atoms with Gasteiger partial charge < -0.3 is 9.47 Å². The van der Waals surface area contributed by atoms with Crippen molar-refractivity contribution in [2.45, 2.75) is 39.4 Å². The summed E-state index contributed by atoms with van der Waals surface area (Å²) >= 11 is 0. The van der Waals surface area contributed by atoms with Crippen LogP contribution in [0.15, 0.2) is 54.1 Å². The predicted octanol–water partition coefficient (Wildman–Crippen LogP) is 3.09. The second kappa shape index (κ2) is 8.78. The van der Waals surface area contributed by atoms with Gasteiger partial charge in [-0.05, 0) is 26.0 Å². The van der Waals surface area contributed by atoms with Crippen LogP contribution in [-0.2, 0) is 27.6 Å². The van der Waals surface area contributed by atoms with Gasteiger partial charge in [-0.3, -0.25) is 9.68 Å². The van der Waals surface area contributed by atoms with Crippen molar-refractivity contribution in [3.63, 3.8) is 0 Å². The lowest BCUT2D eigenvalue weighted by atomic mass is 10.1. The van der Waals surface area contributed by atoms with Crippen LogP contribution in [0.3, 0.4) is 0 Å². The van der Waals surface area contributed by atoms with Crippen molar-refractivity contribution < 1.29 is 23.9 Å². The first kappa shape index (κ1) is 19.6. The molecule has 0 radical (unpaired) electrons. The van der Waals surface area contributed by atoms with Gasteiger partial charge in [0.2, 0.25) is 12.5 Å². The summed E-state index contributed by atoms with van der Waals surface area (Å²) in [5.41, 5.74) is 2.23. The third kappa shape index (κ3) is 3.92. The van der Waals surface area contributed by atoms with E-state index in [1.807, 2.05) is 62.4 Å². The number of hydrogen-bond donors (Lipinski definition) is 0. The highest BCUT2D eigenvalue weighted by Gasteiger charge is 2.41. The molecule has 2 unspecified atom stereocenters. The van der Waals surface area contributed by atoms with E-state index in [1.54, 1.807) is 10.1 Å². The lowest BCUT2D eigenvalue weighted by molar-refractivity contribution is -0.258. The van der Waals surface area contributed by atoms with Crippen LogP contribution in [0.1, 0.15) is 25.0 Å². The van der Waals surface area contributed by atoms with Gasteiger partial charge in [0.1, 0.15) is 23.0 Å². The van der Waals surface area contributed by atoms with E-state index in [9.17, 15) is 4.79 Å². The summed E-state index contributed by atoms with van der Waals surface area (Å²) in [5.74, 6) is 3.47. The Bertz CT molecular complexity index is 844. The van der Waals surface area contributed by atoms with E-state index < -0.39 is 12.5 Å². The monoisotopic (exact) mass is 396 g/mol. The molecule has 29 heavy (non-hydrogen) atoms. The van der Waals surface area contributed by atoms with Crippen LogP contribution in [0, 0.1) is 0 Å². The fraction of sp³-hybridized carbons (Fsp3) is 0.364. The van der Waals surface area contributed by atoms with E-state index >= 15 is 0 Å². The molecule has 0 fully saturated rings. The van der Waals surface area contributed by atoms with Crippen molar-refractivity contribution in [1.29, 1.82) is 0 Å². The van der Waals surface area contributed by atoms with Crippen LogP contribution >= 0.6 is 0 Å². The summed E-state index contributed by atoms with van der Waals surface area (Å²) in [6, 6.07) is 15.4. The Labute approximate surface area is 169 Å². The zero-order valence-electron chi connectivity index (χ0n) is 16.5. The molecule has 0 saturated heterocycles. The predicted molar refractivity (Wildman–Crippen MR) is 105 cm³/mol. The molecule has 2 atom stereocenters. The highest BCUT2D eigenvalue weighted by molar-refractivity contribution is 5.57. The van der Waals surface area contributed by atoms with Gasteiger partial charge in [0.15, 0.2) is 0 Å². The van der Waals surface area contributed by atoms with Crippen molar-refractivity contribution in [3.05, 3.63) is 65.2 Å². The minimum absolute atomic E-state index is 0.260. The Hall–Kier alpha value is -2.67. The van der Waals surface area contributed by atoms with Gasteiger partial charge in [0, 0.05) is 11.1 Å². The van der Waals surface area contributed by atoms with Crippen LogP contribution in [0.5, 0.6) is 11.5 Å². The number of nitrogens with zero attached hydrogens (tertiary/aromatic N) is 2. The van der Waals surface area contributed by atoms with Crippen molar-refractivity contribution in [2.75, 3.05) is 13.2 Å². The van der Waals surface area contributed by atoms with Crippen LogP contribution < -0.4 is 9.47 Å². The van der Waals surface area contributed by atoms with Crippen LogP contribution in [0.25, 0.3) is 0 Å². The van der Waals surface area contributed by atoms with Crippen LogP contribution in [0.4, 0.5) is 0 Å².